The largest absolute Gasteiger partial charge is 1.00 e. The van der Waals surface area contributed by atoms with Gasteiger partial charge in [-0.15, -0.1) is 68.6 Å². The van der Waals surface area contributed by atoms with Gasteiger partial charge in [0.15, 0.2) is 0 Å². The van der Waals surface area contributed by atoms with Gasteiger partial charge in [-0.3, -0.25) is 0 Å². The summed E-state index contributed by atoms with van der Waals surface area (Å²) in [6, 6.07) is 38.8. The molecule has 0 atom stereocenters. The molecular weight excluding hydrogens is 767 g/mol. The molecular formula is C48H60Cl2SiZr-2. The summed E-state index contributed by atoms with van der Waals surface area (Å²) in [5.41, 5.74) is 13.0. The maximum Gasteiger partial charge on any atom is -1.00 e. The Kier molecular flexibility index (Phi) is 17.6. The molecule has 0 amide bonds. The molecule has 0 aromatic heterocycles. The van der Waals surface area contributed by atoms with E-state index >= 15 is 0 Å². The van der Waals surface area contributed by atoms with Crippen LogP contribution in [0.3, 0.4) is 0 Å². The van der Waals surface area contributed by atoms with E-state index in [1.54, 1.807) is 23.3 Å². The molecule has 0 aliphatic carbocycles. The van der Waals surface area contributed by atoms with Crippen molar-refractivity contribution >= 4 is 27.0 Å². The first-order valence-electron chi connectivity index (χ1n) is 18.6. The maximum atomic E-state index is 2.35. The SMILES string of the molecule is CC(C)c1cc2c(-c3ccc(C(C)(C)C)cc3)cccc2[cH-]1.CCCCc1ccc(-c2ccc(C(C)(C)C)cc2)c2cc(C)[cH-]c12.C[Si](C)=[Zr+2].[Cl-].[Cl-]. The third-order valence-corrected chi connectivity index (χ3v) is 9.48. The van der Waals surface area contributed by atoms with Gasteiger partial charge in [0, 0.05) is 0 Å². The van der Waals surface area contributed by atoms with Crippen molar-refractivity contribution in [1.82, 2.24) is 0 Å². The second-order valence-electron chi connectivity index (χ2n) is 16.6. The molecule has 0 radical (unpaired) electrons. The van der Waals surface area contributed by atoms with Gasteiger partial charge >= 0.3 is 41.9 Å². The predicted molar refractivity (Wildman–Crippen MR) is 222 cm³/mol. The number of rotatable bonds is 6. The van der Waals surface area contributed by atoms with E-state index in [-0.39, 0.29) is 41.1 Å². The third kappa shape index (κ3) is 12.1. The van der Waals surface area contributed by atoms with E-state index in [0.717, 1.165) is 0 Å². The summed E-state index contributed by atoms with van der Waals surface area (Å²) in [6.45, 7) is 27.2. The van der Waals surface area contributed by atoms with Crippen molar-refractivity contribution < 1.29 is 48.1 Å². The van der Waals surface area contributed by atoms with Gasteiger partial charge in [-0.25, -0.2) is 0 Å². The van der Waals surface area contributed by atoms with E-state index in [2.05, 4.69) is 185 Å². The fourth-order valence-electron chi connectivity index (χ4n) is 6.48. The average molecular weight is 827 g/mol. The predicted octanol–water partition coefficient (Wildman–Crippen LogP) is 8.61. The molecule has 52 heavy (non-hydrogen) atoms. The van der Waals surface area contributed by atoms with Gasteiger partial charge in [0.1, 0.15) is 0 Å². The molecule has 0 saturated heterocycles. The topological polar surface area (TPSA) is 0 Å². The van der Waals surface area contributed by atoms with E-state index in [0.29, 0.717) is 5.92 Å². The van der Waals surface area contributed by atoms with Crippen molar-refractivity contribution in [3.05, 3.63) is 131 Å². The van der Waals surface area contributed by atoms with Crippen molar-refractivity contribution in [2.24, 2.45) is 0 Å². The quantitative estimate of drug-likeness (QED) is 0.117. The van der Waals surface area contributed by atoms with Crippen LogP contribution in [0.5, 0.6) is 0 Å². The molecule has 0 aliphatic heterocycles. The van der Waals surface area contributed by atoms with Crippen molar-refractivity contribution in [2.75, 3.05) is 0 Å². The first-order chi connectivity index (χ1) is 23.5. The van der Waals surface area contributed by atoms with E-state index in [1.165, 1.54) is 90.9 Å². The summed E-state index contributed by atoms with van der Waals surface area (Å²) < 4.78 is 0. The second kappa shape index (κ2) is 19.9. The minimum Gasteiger partial charge on any atom is -1.00 e. The summed E-state index contributed by atoms with van der Waals surface area (Å²) >= 11 is 1.74. The standard InChI is InChI=1S/C24H29.C22H25.C2H6Si.2ClH.Zr/c1-6-7-8-18-11-14-21(23-16-17(2)15-22(18)23)19-9-12-20(13-10-19)24(3,4)5;1-15(2)18-13-17-7-6-8-20(21(17)14-18)16-9-11-19(12-10-16)22(3,4)5;1-3-2;;;/h9-16H,6-8H2,1-5H3;6-15H,1-5H3;1-2H3;2*1H;/q2*-1;;;;+2/p-2. The van der Waals surface area contributed by atoms with Gasteiger partial charge < -0.3 is 24.8 Å². The molecule has 0 bridgehead atoms. The van der Waals surface area contributed by atoms with Gasteiger partial charge in [0.05, 0.1) is 0 Å². The van der Waals surface area contributed by atoms with Crippen LogP contribution in [0.25, 0.3) is 43.8 Å². The summed E-state index contributed by atoms with van der Waals surface area (Å²) in [7, 11) is 0. The molecule has 6 aromatic rings. The minimum atomic E-state index is 0. The normalized spacial score (nSPS) is 11.3. The molecule has 0 aliphatic rings. The summed E-state index contributed by atoms with van der Waals surface area (Å²) in [5.74, 6) is 0.573. The Labute approximate surface area is 344 Å². The van der Waals surface area contributed by atoms with Crippen LogP contribution >= 0.6 is 0 Å². The Balaban J connectivity index is 0.000000316. The summed E-state index contributed by atoms with van der Waals surface area (Å²) in [4.78, 5) is 0. The number of aryl methyl sites for hydroxylation is 2. The molecule has 6 rings (SSSR count). The maximum absolute atomic E-state index is 2.35. The van der Waals surface area contributed by atoms with Crippen LogP contribution in [0.2, 0.25) is 13.1 Å². The van der Waals surface area contributed by atoms with Crippen LogP contribution in [0, 0.1) is 6.92 Å². The zero-order chi connectivity index (χ0) is 36.8. The van der Waals surface area contributed by atoms with Gasteiger partial charge in [-0.05, 0) is 39.0 Å². The van der Waals surface area contributed by atoms with Gasteiger partial charge in [-0.2, -0.15) is 12.1 Å². The molecule has 0 nitrogen and oxygen atoms in total. The zero-order valence-corrected chi connectivity index (χ0v) is 38.7. The van der Waals surface area contributed by atoms with Crippen LogP contribution in [0.1, 0.15) is 109 Å². The van der Waals surface area contributed by atoms with Gasteiger partial charge in [-0.1, -0.05) is 160 Å². The summed E-state index contributed by atoms with van der Waals surface area (Å²) in [6.07, 6.45) is 3.69. The number of halogens is 2. The number of hydrogen-bond donors (Lipinski definition) is 0. The van der Waals surface area contributed by atoms with Crippen LogP contribution < -0.4 is 24.8 Å². The Morgan fingerprint density at radius 2 is 1.17 bits per heavy atom. The smallest absolute Gasteiger partial charge is 1.00 e. The summed E-state index contributed by atoms with van der Waals surface area (Å²) in [5, 5.41) is 5.57. The molecule has 0 fully saturated rings. The molecule has 0 spiro atoms. The van der Waals surface area contributed by atoms with E-state index in [4.69, 9.17) is 0 Å². The van der Waals surface area contributed by atoms with Crippen molar-refractivity contribution in [1.29, 1.82) is 0 Å². The Hall–Kier alpha value is -2.22. The number of fused-ring (bicyclic) bond motifs is 2. The Morgan fingerprint density at radius 3 is 1.63 bits per heavy atom. The van der Waals surface area contributed by atoms with Crippen LogP contribution in [0.15, 0.2) is 103 Å². The number of benzene rings is 4. The van der Waals surface area contributed by atoms with E-state index in [9.17, 15) is 0 Å². The molecule has 0 unspecified atom stereocenters. The second-order valence-corrected chi connectivity index (χ2v) is 26.0. The monoisotopic (exact) mass is 824 g/mol. The van der Waals surface area contributed by atoms with Gasteiger partial charge in [0.2, 0.25) is 0 Å². The fraction of sp³-hybridized carbons (Fsp3) is 0.375. The fourth-order valence-corrected chi connectivity index (χ4v) is 6.48. The molecule has 0 saturated carbocycles. The third-order valence-electron chi connectivity index (χ3n) is 9.48. The molecule has 4 heteroatoms. The first kappa shape index (κ1) is 45.9. The van der Waals surface area contributed by atoms with E-state index in [1.807, 2.05) is 0 Å². The molecule has 0 heterocycles. The molecule has 0 N–H and O–H groups in total. The first-order valence-corrected chi connectivity index (χ1v) is 24.8. The van der Waals surface area contributed by atoms with E-state index < -0.39 is 0 Å². The van der Waals surface area contributed by atoms with Crippen LogP contribution in [0.4, 0.5) is 0 Å². The average Bonchev–Trinajstić information content (AvgIpc) is 3.67. The Bertz CT molecular complexity index is 2010. The molecule has 276 valence electrons. The van der Waals surface area contributed by atoms with Crippen molar-refractivity contribution in [3.8, 4) is 22.3 Å². The number of hydrogen-bond acceptors (Lipinski definition) is 0. The minimum absolute atomic E-state index is 0. The number of unbranched alkanes of at least 4 members (excludes halogenated alkanes) is 1. The van der Waals surface area contributed by atoms with Gasteiger partial charge in [0.25, 0.3) is 0 Å². The van der Waals surface area contributed by atoms with Crippen LogP contribution in [-0.2, 0) is 40.6 Å². The van der Waals surface area contributed by atoms with Crippen LogP contribution in [-0.4, -0.2) is 5.43 Å². The molecule has 6 aromatic carbocycles. The van der Waals surface area contributed by atoms with Crippen molar-refractivity contribution in [2.45, 2.75) is 118 Å². The zero-order valence-electron chi connectivity index (χ0n) is 33.8. The van der Waals surface area contributed by atoms with Crippen molar-refractivity contribution in [3.63, 3.8) is 0 Å². The Morgan fingerprint density at radius 1 is 0.673 bits per heavy atom.